The van der Waals surface area contributed by atoms with Crippen molar-refractivity contribution in [1.82, 2.24) is 9.29 Å². The van der Waals surface area contributed by atoms with Crippen LogP contribution in [0, 0.1) is 11.3 Å². The lowest BCUT2D eigenvalue weighted by Crippen LogP contribution is -2.34. The fourth-order valence-corrected chi connectivity index (χ4v) is 3.83. The molecule has 0 amide bonds. The van der Waals surface area contributed by atoms with Crippen molar-refractivity contribution in [2.24, 2.45) is 0 Å². The fraction of sp³-hybridized carbons (Fsp3) is 0.455. The maximum Gasteiger partial charge on any atom is 0.246 e. The van der Waals surface area contributed by atoms with Crippen LogP contribution in [-0.4, -0.2) is 30.3 Å². The van der Waals surface area contributed by atoms with Crippen LogP contribution in [0.4, 0.5) is 0 Å². The quantitative estimate of drug-likeness (QED) is 0.773. The normalized spacial score (nSPS) is 15.6. The Morgan fingerprint density at radius 1 is 1.56 bits per heavy atom. The third kappa shape index (κ3) is 2.64. The first-order chi connectivity index (χ1) is 8.57. The van der Waals surface area contributed by atoms with E-state index in [0.29, 0.717) is 0 Å². The predicted octanol–water partition coefficient (Wildman–Crippen LogP) is 1.80. The number of nitriles is 1. The Hall–Kier alpha value is -1.16. The van der Waals surface area contributed by atoms with Crippen molar-refractivity contribution in [2.75, 3.05) is 6.54 Å². The highest BCUT2D eigenvalue weighted by atomic mass is 35.5. The molecule has 0 atom stereocenters. The largest absolute Gasteiger partial charge is 0.246 e. The Bertz CT molecular complexity index is 578. The van der Waals surface area contributed by atoms with Gasteiger partial charge in [0.05, 0.1) is 6.07 Å². The minimum Gasteiger partial charge on any atom is -0.243 e. The van der Waals surface area contributed by atoms with Crippen molar-refractivity contribution in [3.8, 4) is 6.07 Å². The molecule has 1 fully saturated rings. The second-order valence-corrected chi connectivity index (χ2v) is 6.26. The number of rotatable bonds is 5. The second-order valence-electron chi connectivity index (χ2n) is 4.05. The molecule has 18 heavy (non-hydrogen) atoms. The standard InChI is InChI=1S/C11H12ClN3O2S/c12-11-10(3-1-7-14-11)18(16,17)15(8-2-6-13)9-4-5-9/h1,3,7,9H,2,4-5,8H2. The zero-order valence-corrected chi connectivity index (χ0v) is 11.2. The number of aromatic nitrogens is 1. The number of sulfonamides is 1. The molecular weight excluding hydrogens is 274 g/mol. The van der Waals surface area contributed by atoms with E-state index >= 15 is 0 Å². The van der Waals surface area contributed by atoms with Gasteiger partial charge in [-0.15, -0.1) is 0 Å². The molecule has 1 aromatic heterocycles. The summed E-state index contributed by atoms with van der Waals surface area (Å²) < 4.78 is 26.2. The van der Waals surface area contributed by atoms with Crippen molar-refractivity contribution >= 4 is 21.6 Å². The maximum absolute atomic E-state index is 12.4. The SMILES string of the molecule is N#CCCN(C1CC1)S(=O)(=O)c1cccnc1Cl. The summed E-state index contributed by atoms with van der Waals surface area (Å²) in [6.45, 7) is 0.203. The summed E-state index contributed by atoms with van der Waals surface area (Å²) in [5.41, 5.74) is 0. The van der Waals surface area contributed by atoms with Gasteiger partial charge in [-0.1, -0.05) is 11.6 Å². The van der Waals surface area contributed by atoms with Crippen LogP contribution < -0.4 is 0 Å². The Morgan fingerprint density at radius 3 is 2.83 bits per heavy atom. The molecule has 0 radical (unpaired) electrons. The molecule has 1 heterocycles. The van der Waals surface area contributed by atoms with Gasteiger partial charge < -0.3 is 0 Å². The molecule has 1 aliphatic rings. The van der Waals surface area contributed by atoms with Crippen LogP contribution in [0.3, 0.4) is 0 Å². The Balaban J connectivity index is 2.34. The maximum atomic E-state index is 12.4. The van der Waals surface area contributed by atoms with Gasteiger partial charge in [0.15, 0.2) is 0 Å². The zero-order chi connectivity index (χ0) is 13.2. The molecule has 5 nitrogen and oxygen atoms in total. The summed E-state index contributed by atoms with van der Waals surface area (Å²) >= 11 is 5.83. The van der Waals surface area contributed by atoms with Crippen LogP contribution in [0.1, 0.15) is 19.3 Å². The molecule has 1 aliphatic carbocycles. The average Bonchev–Trinajstić information content (AvgIpc) is 3.14. The molecule has 7 heteroatoms. The van der Waals surface area contributed by atoms with Crippen LogP contribution in [0.5, 0.6) is 0 Å². The number of nitrogens with zero attached hydrogens (tertiary/aromatic N) is 3. The van der Waals surface area contributed by atoms with Gasteiger partial charge in [0.2, 0.25) is 10.0 Å². The van der Waals surface area contributed by atoms with Gasteiger partial charge in [-0.05, 0) is 25.0 Å². The van der Waals surface area contributed by atoms with E-state index in [9.17, 15) is 8.42 Å². The Labute approximate surface area is 111 Å². The van der Waals surface area contributed by atoms with Crippen molar-refractivity contribution < 1.29 is 8.42 Å². The molecular formula is C11H12ClN3O2S. The summed E-state index contributed by atoms with van der Waals surface area (Å²) in [5, 5.41) is 8.57. The molecule has 0 aromatic carbocycles. The van der Waals surface area contributed by atoms with Gasteiger partial charge in [-0.2, -0.15) is 9.57 Å². The fourth-order valence-electron chi connectivity index (χ4n) is 1.71. The summed E-state index contributed by atoms with van der Waals surface area (Å²) in [7, 11) is -3.65. The lowest BCUT2D eigenvalue weighted by Gasteiger charge is -2.20. The monoisotopic (exact) mass is 285 g/mol. The molecule has 0 unspecified atom stereocenters. The molecule has 0 saturated heterocycles. The van der Waals surface area contributed by atoms with Crippen molar-refractivity contribution in [3.63, 3.8) is 0 Å². The molecule has 0 spiro atoms. The first-order valence-electron chi connectivity index (χ1n) is 5.56. The lowest BCUT2D eigenvalue weighted by molar-refractivity contribution is 0.410. The molecule has 2 rings (SSSR count). The van der Waals surface area contributed by atoms with Crippen LogP contribution in [0.15, 0.2) is 23.2 Å². The van der Waals surface area contributed by atoms with E-state index < -0.39 is 10.0 Å². The van der Waals surface area contributed by atoms with E-state index in [1.807, 2.05) is 6.07 Å². The molecule has 1 saturated carbocycles. The molecule has 0 bridgehead atoms. The summed E-state index contributed by atoms with van der Waals surface area (Å²) in [6.07, 6.45) is 3.29. The number of pyridine rings is 1. The van der Waals surface area contributed by atoms with Gasteiger partial charge in [0.25, 0.3) is 0 Å². The number of hydrogen-bond acceptors (Lipinski definition) is 4. The van der Waals surface area contributed by atoms with Gasteiger partial charge >= 0.3 is 0 Å². The highest BCUT2D eigenvalue weighted by Crippen LogP contribution is 2.33. The van der Waals surface area contributed by atoms with Crippen LogP contribution in [0.2, 0.25) is 5.15 Å². The van der Waals surface area contributed by atoms with E-state index in [2.05, 4.69) is 4.98 Å². The minimum atomic E-state index is -3.65. The van der Waals surface area contributed by atoms with Gasteiger partial charge in [-0.3, -0.25) is 0 Å². The van der Waals surface area contributed by atoms with E-state index in [1.54, 1.807) is 0 Å². The zero-order valence-electron chi connectivity index (χ0n) is 9.58. The van der Waals surface area contributed by atoms with Crippen LogP contribution in [0.25, 0.3) is 0 Å². The summed E-state index contributed by atoms with van der Waals surface area (Å²) in [6, 6.07) is 4.94. The van der Waals surface area contributed by atoms with E-state index in [4.69, 9.17) is 16.9 Å². The first-order valence-corrected chi connectivity index (χ1v) is 7.38. The van der Waals surface area contributed by atoms with E-state index in [-0.39, 0.29) is 29.1 Å². The third-order valence-corrected chi connectivity index (χ3v) is 5.11. The van der Waals surface area contributed by atoms with Crippen LogP contribution >= 0.6 is 11.6 Å². The highest BCUT2D eigenvalue weighted by molar-refractivity contribution is 7.89. The van der Waals surface area contributed by atoms with Gasteiger partial charge in [-0.25, -0.2) is 13.4 Å². The van der Waals surface area contributed by atoms with Crippen molar-refractivity contribution in [3.05, 3.63) is 23.5 Å². The summed E-state index contributed by atoms with van der Waals surface area (Å²) in [5.74, 6) is 0. The lowest BCUT2D eigenvalue weighted by atomic mass is 10.4. The number of hydrogen-bond donors (Lipinski definition) is 0. The van der Waals surface area contributed by atoms with Crippen molar-refractivity contribution in [2.45, 2.75) is 30.2 Å². The smallest absolute Gasteiger partial charge is 0.243 e. The van der Waals surface area contributed by atoms with Crippen molar-refractivity contribution in [1.29, 1.82) is 5.26 Å². The van der Waals surface area contributed by atoms with Gasteiger partial charge in [0, 0.05) is 25.2 Å². The minimum absolute atomic E-state index is 0.000349. The Morgan fingerprint density at radius 2 is 2.28 bits per heavy atom. The average molecular weight is 286 g/mol. The summed E-state index contributed by atoms with van der Waals surface area (Å²) in [4.78, 5) is 3.79. The number of halogens is 1. The van der Waals surface area contributed by atoms with Gasteiger partial charge in [0.1, 0.15) is 10.0 Å². The first kappa shape index (κ1) is 13.3. The molecule has 0 aliphatic heterocycles. The predicted molar refractivity (Wildman–Crippen MR) is 66.4 cm³/mol. The topological polar surface area (TPSA) is 74.1 Å². The molecule has 0 N–H and O–H groups in total. The second kappa shape index (κ2) is 5.22. The third-order valence-electron chi connectivity index (χ3n) is 2.71. The van der Waals surface area contributed by atoms with E-state index in [1.165, 1.54) is 22.6 Å². The van der Waals surface area contributed by atoms with Crippen LogP contribution in [-0.2, 0) is 10.0 Å². The van der Waals surface area contributed by atoms with E-state index in [0.717, 1.165) is 12.8 Å². The molecule has 96 valence electrons. The Kier molecular flexibility index (Phi) is 3.85. The highest BCUT2D eigenvalue weighted by Gasteiger charge is 2.38. The molecule has 1 aromatic rings.